The molecule has 1 saturated heterocycles. The smallest absolute Gasteiger partial charge is 0.175 e. The second-order valence-electron chi connectivity index (χ2n) is 6.18. The fraction of sp³-hybridized carbons (Fsp3) is 0.389. The lowest BCUT2D eigenvalue weighted by molar-refractivity contribution is 0.214. The number of aromatic nitrogens is 1. The molecule has 0 saturated carbocycles. The summed E-state index contributed by atoms with van der Waals surface area (Å²) in [5.74, 6) is 1.37. The van der Waals surface area contributed by atoms with Crippen molar-refractivity contribution in [3.63, 3.8) is 0 Å². The Morgan fingerprint density at radius 1 is 1.08 bits per heavy atom. The molecule has 0 unspecified atom stereocenters. The van der Waals surface area contributed by atoms with E-state index in [1.54, 1.807) is 30.5 Å². The van der Waals surface area contributed by atoms with Crippen molar-refractivity contribution >= 4 is 34.7 Å². The maximum atomic E-state index is 11.5. The summed E-state index contributed by atoms with van der Waals surface area (Å²) in [5, 5.41) is 3.35. The summed E-state index contributed by atoms with van der Waals surface area (Å²) in [7, 11) is -3.17. The van der Waals surface area contributed by atoms with Gasteiger partial charge in [-0.05, 0) is 56.1 Å². The number of halogens is 2. The number of hydrogen-bond acceptors (Lipinski definition) is 5. The van der Waals surface area contributed by atoms with Crippen molar-refractivity contribution in [2.75, 3.05) is 26.0 Å². The van der Waals surface area contributed by atoms with Gasteiger partial charge in [0, 0.05) is 11.8 Å². The number of nitrogens with one attached hydrogen (secondary N) is 1. The zero-order chi connectivity index (χ0) is 17.0. The first-order valence-electron chi connectivity index (χ1n) is 8.12. The highest BCUT2D eigenvalue weighted by molar-refractivity contribution is 7.90. The van der Waals surface area contributed by atoms with Crippen LogP contribution in [0.4, 0.5) is 0 Å². The van der Waals surface area contributed by atoms with E-state index < -0.39 is 9.84 Å². The van der Waals surface area contributed by atoms with E-state index in [0.717, 1.165) is 49.5 Å². The number of sulfone groups is 1. The van der Waals surface area contributed by atoms with Crippen LogP contribution in [0.15, 0.2) is 47.5 Å². The summed E-state index contributed by atoms with van der Waals surface area (Å²) in [4.78, 5) is 4.73. The first-order chi connectivity index (χ1) is 11.5. The van der Waals surface area contributed by atoms with Crippen LogP contribution in [-0.4, -0.2) is 39.4 Å². The monoisotopic (exact) mass is 418 g/mol. The second-order valence-corrected chi connectivity index (χ2v) is 8.20. The molecule has 0 amide bonds. The van der Waals surface area contributed by atoms with E-state index in [9.17, 15) is 8.42 Å². The Kier molecular flexibility index (Phi) is 8.83. The third-order valence-corrected chi connectivity index (χ3v) is 5.39. The van der Waals surface area contributed by atoms with Crippen LogP contribution < -0.4 is 10.1 Å². The van der Waals surface area contributed by atoms with Crippen molar-refractivity contribution in [2.45, 2.75) is 17.7 Å². The fourth-order valence-electron chi connectivity index (χ4n) is 2.77. The molecule has 1 aliphatic heterocycles. The molecular weight excluding hydrogens is 395 g/mol. The van der Waals surface area contributed by atoms with Crippen LogP contribution in [0.1, 0.15) is 12.8 Å². The molecule has 0 aliphatic carbocycles. The topological polar surface area (TPSA) is 68.3 Å². The van der Waals surface area contributed by atoms with Crippen molar-refractivity contribution < 1.29 is 13.2 Å². The van der Waals surface area contributed by atoms with Gasteiger partial charge in [0.2, 0.25) is 0 Å². The Hall–Kier alpha value is -1.34. The van der Waals surface area contributed by atoms with Gasteiger partial charge in [-0.1, -0.05) is 12.1 Å². The molecule has 1 fully saturated rings. The highest BCUT2D eigenvalue weighted by atomic mass is 35.5. The predicted octanol–water partition coefficient (Wildman–Crippen LogP) is 3.37. The van der Waals surface area contributed by atoms with Crippen LogP contribution in [0.5, 0.6) is 5.75 Å². The van der Waals surface area contributed by atoms with Gasteiger partial charge in [-0.3, -0.25) is 4.98 Å². The van der Waals surface area contributed by atoms with Crippen LogP contribution in [0.25, 0.3) is 11.3 Å². The van der Waals surface area contributed by atoms with Gasteiger partial charge >= 0.3 is 0 Å². The largest absolute Gasteiger partial charge is 0.492 e. The SMILES string of the molecule is CS(=O)(=O)c1ccc(-c2ccc(OCC3CCNCC3)cn2)cc1.Cl.Cl. The normalized spacial score (nSPS) is 14.8. The highest BCUT2D eigenvalue weighted by Gasteiger charge is 2.13. The van der Waals surface area contributed by atoms with Crippen molar-refractivity contribution in [3.8, 4) is 17.0 Å². The van der Waals surface area contributed by atoms with Gasteiger partial charge in [0.1, 0.15) is 5.75 Å². The molecule has 0 bridgehead atoms. The highest BCUT2D eigenvalue weighted by Crippen LogP contribution is 2.22. The maximum absolute atomic E-state index is 11.5. The lowest BCUT2D eigenvalue weighted by Crippen LogP contribution is -2.30. The summed E-state index contributed by atoms with van der Waals surface area (Å²) in [5.41, 5.74) is 1.68. The number of pyridine rings is 1. The number of ether oxygens (including phenoxy) is 1. The molecular formula is C18H24Cl2N2O3S. The zero-order valence-electron chi connectivity index (χ0n) is 14.6. The number of rotatable bonds is 5. The standard InChI is InChI=1S/C18H22N2O3S.2ClH/c1-24(21,22)17-5-2-15(3-6-17)18-7-4-16(12-20-18)23-13-14-8-10-19-11-9-14;;/h2-7,12,14,19H,8-11,13H2,1H3;2*1H. The van der Waals surface area contributed by atoms with Gasteiger partial charge in [0.25, 0.3) is 0 Å². The maximum Gasteiger partial charge on any atom is 0.175 e. The van der Waals surface area contributed by atoms with Crippen molar-refractivity contribution in [2.24, 2.45) is 5.92 Å². The summed E-state index contributed by atoms with van der Waals surface area (Å²) in [6, 6.07) is 10.6. The molecule has 8 heteroatoms. The minimum atomic E-state index is -3.17. The van der Waals surface area contributed by atoms with Crippen LogP contribution in [0.2, 0.25) is 0 Å². The third kappa shape index (κ3) is 6.13. The second kappa shape index (κ2) is 10.1. The van der Waals surface area contributed by atoms with E-state index in [-0.39, 0.29) is 24.8 Å². The molecule has 144 valence electrons. The van der Waals surface area contributed by atoms with Gasteiger partial charge in [0.15, 0.2) is 9.84 Å². The van der Waals surface area contributed by atoms with Gasteiger partial charge in [-0.15, -0.1) is 24.8 Å². The van der Waals surface area contributed by atoms with Crippen molar-refractivity contribution in [1.29, 1.82) is 0 Å². The van der Waals surface area contributed by atoms with Crippen LogP contribution in [0, 0.1) is 5.92 Å². The lowest BCUT2D eigenvalue weighted by atomic mass is 9.99. The first-order valence-corrected chi connectivity index (χ1v) is 10.0. The van der Waals surface area contributed by atoms with Gasteiger partial charge in [-0.2, -0.15) is 0 Å². The van der Waals surface area contributed by atoms with Crippen LogP contribution >= 0.6 is 24.8 Å². The van der Waals surface area contributed by atoms with Gasteiger partial charge in [0.05, 0.1) is 23.4 Å². The van der Waals surface area contributed by atoms with E-state index in [0.29, 0.717) is 10.8 Å². The average molecular weight is 419 g/mol. The van der Waals surface area contributed by atoms with Crippen molar-refractivity contribution in [1.82, 2.24) is 10.3 Å². The van der Waals surface area contributed by atoms with Crippen molar-refractivity contribution in [3.05, 3.63) is 42.6 Å². The average Bonchev–Trinajstić information content (AvgIpc) is 2.61. The third-order valence-electron chi connectivity index (χ3n) is 4.26. The molecule has 2 aromatic rings. The quantitative estimate of drug-likeness (QED) is 0.805. The number of hydrogen-bond donors (Lipinski definition) is 1. The summed E-state index contributed by atoms with van der Waals surface area (Å²) in [6.07, 6.45) is 5.23. The molecule has 1 aliphatic rings. The Bertz CT molecular complexity index is 775. The summed E-state index contributed by atoms with van der Waals surface area (Å²) in [6.45, 7) is 2.86. The molecule has 1 aromatic carbocycles. The fourth-order valence-corrected chi connectivity index (χ4v) is 3.40. The van der Waals surface area contributed by atoms with E-state index in [4.69, 9.17) is 4.74 Å². The minimum Gasteiger partial charge on any atom is -0.492 e. The zero-order valence-corrected chi connectivity index (χ0v) is 17.0. The molecule has 5 nitrogen and oxygen atoms in total. The van der Waals surface area contributed by atoms with E-state index >= 15 is 0 Å². The van der Waals surface area contributed by atoms with E-state index in [2.05, 4.69) is 10.3 Å². The Morgan fingerprint density at radius 2 is 1.73 bits per heavy atom. The minimum absolute atomic E-state index is 0. The molecule has 2 heterocycles. The summed E-state index contributed by atoms with van der Waals surface area (Å²) < 4.78 is 28.8. The molecule has 0 atom stereocenters. The molecule has 1 N–H and O–H groups in total. The van der Waals surface area contributed by atoms with E-state index in [1.165, 1.54) is 6.26 Å². The van der Waals surface area contributed by atoms with Gasteiger partial charge < -0.3 is 10.1 Å². The molecule has 3 rings (SSSR count). The number of nitrogens with zero attached hydrogens (tertiary/aromatic N) is 1. The predicted molar refractivity (Wildman–Crippen MR) is 108 cm³/mol. The van der Waals surface area contributed by atoms with E-state index in [1.807, 2.05) is 12.1 Å². The summed E-state index contributed by atoms with van der Waals surface area (Å²) >= 11 is 0. The Balaban J connectivity index is 0.00000169. The lowest BCUT2D eigenvalue weighted by Gasteiger charge is -2.22. The van der Waals surface area contributed by atoms with Gasteiger partial charge in [-0.25, -0.2) is 8.42 Å². The molecule has 0 radical (unpaired) electrons. The molecule has 26 heavy (non-hydrogen) atoms. The van der Waals surface area contributed by atoms with Crippen LogP contribution in [0.3, 0.4) is 0 Å². The van der Waals surface area contributed by atoms with Crippen LogP contribution in [-0.2, 0) is 9.84 Å². The Morgan fingerprint density at radius 3 is 2.27 bits per heavy atom. The molecule has 1 aromatic heterocycles. The molecule has 0 spiro atoms. The number of piperidine rings is 1. The Labute approximate surface area is 167 Å². The number of benzene rings is 1. The first kappa shape index (κ1) is 22.7.